The molecule has 0 amide bonds. The third-order valence-electron chi connectivity index (χ3n) is 3.23. The molecule has 0 fully saturated rings. The van der Waals surface area contributed by atoms with Crippen LogP contribution in [0.5, 0.6) is 0 Å². The summed E-state index contributed by atoms with van der Waals surface area (Å²) in [6.07, 6.45) is 0. The summed E-state index contributed by atoms with van der Waals surface area (Å²) in [7, 11) is -4.53. The van der Waals surface area contributed by atoms with Crippen LogP contribution in [0.4, 0.5) is 18.9 Å². The van der Waals surface area contributed by atoms with Gasteiger partial charge in [0.05, 0.1) is 10.6 Å². The number of rotatable bonds is 5. The molecular formula is C15H12F3NO4S. The van der Waals surface area contributed by atoms with Crippen LogP contribution < -0.4 is 4.31 Å². The van der Waals surface area contributed by atoms with E-state index in [-0.39, 0.29) is 0 Å². The van der Waals surface area contributed by atoms with Crippen molar-refractivity contribution in [1.82, 2.24) is 0 Å². The fraction of sp³-hybridized carbons (Fsp3) is 0.133. The van der Waals surface area contributed by atoms with Gasteiger partial charge in [0.2, 0.25) is 0 Å². The molecule has 5 nitrogen and oxygen atoms in total. The van der Waals surface area contributed by atoms with Crippen LogP contribution in [0, 0.1) is 17.5 Å². The normalized spacial score (nSPS) is 12.7. The van der Waals surface area contributed by atoms with Gasteiger partial charge in [0.1, 0.15) is 23.5 Å². The first-order chi connectivity index (χ1) is 11.1. The SMILES string of the molecule is CC(C(=O)O)N(c1ccc(F)cc1F)S(=O)(=O)c1ccc(F)cc1. The summed E-state index contributed by atoms with van der Waals surface area (Å²) >= 11 is 0. The second kappa shape index (κ2) is 6.52. The topological polar surface area (TPSA) is 74.7 Å². The molecule has 0 heterocycles. The van der Waals surface area contributed by atoms with Gasteiger partial charge in [-0.2, -0.15) is 0 Å². The van der Waals surface area contributed by atoms with Gasteiger partial charge < -0.3 is 5.11 Å². The first kappa shape index (κ1) is 17.8. The summed E-state index contributed by atoms with van der Waals surface area (Å²) in [5.74, 6) is -4.42. The zero-order valence-electron chi connectivity index (χ0n) is 12.3. The molecule has 24 heavy (non-hydrogen) atoms. The van der Waals surface area contributed by atoms with E-state index in [4.69, 9.17) is 5.11 Å². The molecule has 2 aromatic carbocycles. The average Bonchev–Trinajstić information content (AvgIpc) is 2.49. The maximum atomic E-state index is 14.0. The Balaban J connectivity index is 2.66. The van der Waals surface area contributed by atoms with Crippen molar-refractivity contribution in [2.75, 3.05) is 4.31 Å². The predicted molar refractivity (Wildman–Crippen MR) is 79.5 cm³/mol. The molecule has 1 N–H and O–H groups in total. The number of hydrogen-bond donors (Lipinski definition) is 1. The number of halogens is 3. The third kappa shape index (κ3) is 3.35. The molecule has 2 aromatic rings. The minimum atomic E-state index is -4.53. The minimum Gasteiger partial charge on any atom is -0.480 e. The largest absolute Gasteiger partial charge is 0.480 e. The standard InChI is InChI=1S/C15H12F3NO4S/c1-9(15(20)21)19(14-7-4-11(17)8-13(14)18)24(22,23)12-5-2-10(16)3-6-12/h2-9H,1H3,(H,20,21). The number of carboxylic acid groups (broad SMARTS) is 1. The molecule has 0 aromatic heterocycles. The highest BCUT2D eigenvalue weighted by Gasteiger charge is 2.35. The van der Waals surface area contributed by atoms with E-state index in [1.807, 2.05) is 0 Å². The summed E-state index contributed by atoms with van der Waals surface area (Å²) in [6.45, 7) is 1.03. The summed E-state index contributed by atoms with van der Waals surface area (Å²) < 4.78 is 65.8. The van der Waals surface area contributed by atoms with Crippen LogP contribution >= 0.6 is 0 Å². The van der Waals surface area contributed by atoms with Gasteiger partial charge in [-0.25, -0.2) is 30.7 Å². The number of hydrogen-bond acceptors (Lipinski definition) is 3. The minimum absolute atomic E-state index is 0.317. The number of benzene rings is 2. The zero-order chi connectivity index (χ0) is 18.1. The molecule has 0 spiro atoms. The van der Waals surface area contributed by atoms with E-state index >= 15 is 0 Å². The molecule has 0 bridgehead atoms. The summed E-state index contributed by atoms with van der Waals surface area (Å²) in [5, 5.41) is 9.15. The van der Waals surface area contributed by atoms with Crippen LogP contribution in [0.1, 0.15) is 6.92 Å². The molecule has 0 saturated heterocycles. The van der Waals surface area contributed by atoms with Crippen molar-refractivity contribution >= 4 is 21.7 Å². The van der Waals surface area contributed by atoms with E-state index < -0.39 is 50.1 Å². The number of aliphatic carboxylic acids is 1. The highest BCUT2D eigenvalue weighted by atomic mass is 32.2. The Labute approximate surface area is 136 Å². The van der Waals surface area contributed by atoms with E-state index in [0.717, 1.165) is 43.3 Å². The van der Waals surface area contributed by atoms with E-state index in [0.29, 0.717) is 10.4 Å². The quantitative estimate of drug-likeness (QED) is 0.891. The lowest BCUT2D eigenvalue weighted by Crippen LogP contribution is -2.43. The predicted octanol–water partition coefficient (Wildman–Crippen LogP) is 2.77. The van der Waals surface area contributed by atoms with Crippen LogP contribution in [0.15, 0.2) is 47.4 Å². The zero-order valence-corrected chi connectivity index (χ0v) is 13.1. The second-order valence-electron chi connectivity index (χ2n) is 4.86. The van der Waals surface area contributed by atoms with Crippen LogP contribution in [0.3, 0.4) is 0 Å². The number of anilines is 1. The molecular weight excluding hydrogens is 347 g/mol. The van der Waals surface area contributed by atoms with Gasteiger partial charge in [-0.1, -0.05) is 0 Å². The van der Waals surface area contributed by atoms with Gasteiger partial charge in [0, 0.05) is 6.07 Å². The number of sulfonamides is 1. The average molecular weight is 359 g/mol. The molecule has 9 heteroatoms. The molecule has 0 radical (unpaired) electrons. The monoisotopic (exact) mass is 359 g/mol. The van der Waals surface area contributed by atoms with Crippen molar-refractivity contribution < 1.29 is 31.5 Å². The summed E-state index contributed by atoms with van der Waals surface area (Å²) in [6, 6.07) is 3.98. The van der Waals surface area contributed by atoms with Crippen LogP contribution in [0.2, 0.25) is 0 Å². The maximum Gasteiger partial charge on any atom is 0.327 e. The highest BCUT2D eigenvalue weighted by Crippen LogP contribution is 2.29. The van der Waals surface area contributed by atoms with E-state index in [1.54, 1.807) is 0 Å². The van der Waals surface area contributed by atoms with Crippen molar-refractivity contribution in [2.45, 2.75) is 17.9 Å². The summed E-state index contributed by atoms with van der Waals surface area (Å²) in [5.41, 5.74) is -0.629. The first-order valence-corrected chi connectivity index (χ1v) is 8.06. The fourth-order valence-electron chi connectivity index (χ4n) is 2.03. The van der Waals surface area contributed by atoms with Crippen LogP contribution in [0.25, 0.3) is 0 Å². The maximum absolute atomic E-state index is 14.0. The Bertz CT molecular complexity index is 869. The molecule has 1 unspecified atom stereocenters. The molecule has 128 valence electrons. The van der Waals surface area contributed by atoms with Gasteiger partial charge in [-0.15, -0.1) is 0 Å². The summed E-state index contributed by atoms with van der Waals surface area (Å²) in [4.78, 5) is 10.8. The Morgan fingerprint density at radius 2 is 1.58 bits per heavy atom. The highest BCUT2D eigenvalue weighted by molar-refractivity contribution is 7.92. The second-order valence-corrected chi connectivity index (χ2v) is 6.68. The van der Waals surface area contributed by atoms with Gasteiger partial charge in [-0.05, 0) is 43.3 Å². The van der Waals surface area contributed by atoms with Crippen molar-refractivity contribution in [3.63, 3.8) is 0 Å². The van der Waals surface area contributed by atoms with Gasteiger partial charge in [0.25, 0.3) is 10.0 Å². The Kier molecular flexibility index (Phi) is 4.83. The lowest BCUT2D eigenvalue weighted by molar-refractivity contribution is -0.137. The van der Waals surface area contributed by atoms with Crippen molar-refractivity contribution in [2.24, 2.45) is 0 Å². The number of carboxylic acids is 1. The van der Waals surface area contributed by atoms with Crippen LogP contribution in [-0.2, 0) is 14.8 Å². The lowest BCUT2D eigenvalue weighted by atomic mass is 10.2. The molecule has 0 aliphatic rings. The molecule has 1 atom stereocenters. The van der Waals surface area contributed by atoms with Crippen molar-refractivity contribution in [3.8, 4) is 0 Å². The van der Waals surface area contributed by atoms with E-state index in [1.165, 1.54) is 0 Å². The smallest absolute Gasteiger partial charge is 0.327 e. The lowest BCUT2D eigenvalue weighted by Gasteiger charge is -2.28. The van der Waals surface area contributed by atoms with Gasteiger partial charge >= 0.3 is 5.97 Å². The molecule has 0 aliphatic heterocycles. The fourth-order valence-corrected chi connectivity index (χ4v) is 3.65. The number of nitrogens with zero attached hydrogens (tertiary/aromatic N) is 1. The molecule has 0 saturated carbocycles. The molecule has 0 aliphatic carbocycles. The van der Waals surface area contributed by atoms with Crippen molar-refractivity contribution in [3.05, 3.63) is 59.9 Å². The van der Waals surface area contributed by atoms with Crippen LogP contribution in [-0.4, -0.2) is 25.5 Å². The first-order valence-electron chi connectivity index (χ1n) is 6.62. The molecule has 2 rings (SSSR count). The Hall–Kier alpha value is -2.55. The van der Waals surface area contributed by atoms with Crippen molar-refractivity contribution in [1.29, 1.82) is 0 Å². The third-order valence-corrected chi connectivity index (χ3v) is 5.13. The Morgan fingerprint density at radius 3 is 2.08 bits per heavy atom. The Morgan fingerprint density at radius 1 is 1.04 bits per heavy atom. The number of carbonyl (C=O) groups is 1. The van der Waals surface area contributed by atoms with Gasteiger partial charge in [-0.3, -0.25) is 0 Å². The van der Waals surface area contributed by atoms with E-state index in [9.17, 15) is 26.4 Å². The van der Waals surface area contributed by atoms with E-state index in [2.05, 4.69) is 0 Å². The van der Waals surface area contributed by atoms with Gasteiger partial charge in [0.15, 0.2) is 0 Å².